The van der Waals surface area contributed by atoms with Gasteiger partial charge in [0.2, 0.25) is 0 Å². The maximum absolute atomic E-state index is 5.00. The molecule has 0 radical (unpaired) electrons. The van der Waals surface area contributed by atoms with Crippen LogP contribution >= 0.6 is 0 Å². The van der Waals surface area contributed by atoms with Gasteiger partial charge < -0.3 is 0 Å². The Morgan fingerprint density at radius 2 is 0.880 bits per heavy atom. The zero-order chi connectivity index (χ0) is 23.4. The van der Waals surface area contributed by atoms with E-state index in [1.807, 2.05) is 0 Å². The maximum Gasteiger partial charge on any atom is 0.0938 e. The van der Waals surface area contributed by atoms with Crippen molar-refractivity contribution in [3.63, 3.8) is 0 Å². The number of aliphatic imine (C=N–C) groups is 3. The van der Waals surface area contributed by atoms with Gasteiger partial charge in [0.1, 0.15) is 0 Å². The van der Waals surface area contributed by atoms with E-state index in [4.69, 9.17) is 20.9 Å². The van der Waals surface area contributed by atoms with Crippen LogP contribution in [-0.4, -0.2) is 42.0 Å². The molecule has 0 aliphatic rings. The summed E-state index contributed by atoms with van der Waals surface area (Å²) in [5, 5.41) is 0. The fourth-order valence-electron chi connectivity index (χ4n) is 2.76. The lowest BCUT2D eigenvalue weighted by Crippen LogP contribution is -2.26. The third kappa shape index (κ3) is 15.0. The van der Waals surface area contributed by atoms with Crippen LogP contribution in [0.3, 0.4) is 0 Å². The number of nitrogens with zero attached hydrogens (tertiary/aromatic N) is 4. The van der Waals surface area contributed by atoms with Crippen molar-refractivity contribution in [3.05, 3.63) is 0 Å². The molecule has 0 amide bonds. The van der Waals surface area contributed by atoms with E-state index in [0.717, 1.165) is 19.3 Å². The second kappa shape index (κ2) is 13.2. The lowest BCUT2D eigenvalue weighted by atomic mass is 10.1. The SMILES string of the molecule is CC(CC(C)C)=NCN(CN=C(C)CC(C)C)CN=C(C)CC(C)C.[2H][2H].[2H][2H]. The molecular formula is C21H46N4. The molecule has 0 heterocycles. The summed E-state index contributed by atoms with van der Waals surface area (Å²) in [4.78, 5) is 16.5. The molecule has 0 unspecified atom stereocenters. The Kier molecular flexibility index (Phi) is 10.7. The van der Waals surface area contributed by atoms with Gasteiger partial charge in [-0.15, -0.1) is 0 Å². The number of hydrogen-bond donors (Lipinski definition) is 0. The Morgan fingerprint density at radius 3 is 1.08 bits per heavy atom. The van der Waals surface area contributed by atoms with Crippen LogP contribution in [0.15, 0.2) is 15.0 Å². The average molecular weight is 359 g/mol. The molecule has 0 saturated carbocycles. The topological polar surface area (TPSA) is 40.3 Å². The highest BCUT2D eigenvalue weighted by atomic mass is 15.3. The predicted octanol–water partition coefficient (Wildman–Crippen LogP) is 6.17. The fourth-order valence-corrected chi connectivity index (χ4v) is 2.76. The molecule has 0 N–H and O–H groups in total. The standard InChI is InChI=1S/C21H42N4.2H2/c1-16(2)10-19(7)22-13-25(14-23-20(8)11-17(3)4)15-24-21(9)12-18(5)6;;/h16-18H,10-15H2,1-9H3;2*1H/i;2*1+1D. The van der Waals surface area contributed by atoms with Gasteiger partial charge >= 0.3 is 0 Å². The summed E-state index contributed by atoms with van der Waals surface area (Å²) in [6, 6.07) is 0. The minimum Gasteiger partial charge on any atom is -0.279 e. The lowest BCUT2D eigenvalue weighted by Gasteiger charge is -2.18. The van der Waals surface area contributed by atoms with E-state index in [-0.39, 0.29) is 0 Å². The van der Waals surface area contributed by atoms with Crippen molar-refractivity contribution in [2.45, 2.75) is 81.6 Å². The Balaban J connectivity index is -0.00000158. The van der Waals surface area contributed by atoms with E-state index in [1.54, 1.807) is 0 Å². The second-order valence-electron chi connectivity index (χ2n) is 8.57. The van der Waals surface area contributed by atoms with E-state index in [1.165, 1.54) is 17.1 Å². The van der Waals surface area contributed by atoms with Crippen molar-refractivity contribution >= 4 is 17.1 Å². The van der Waals surface area contributed by atoms with E-state index in [2.05, 4.69) is 67.2 Å². The van der Waals surface area contributed by atoms with Gasteiger partial charge in [0.05, 0.1) is 20.0 Å². The largest absolute Gasteiger partial charge is 0.279 e. The molecule has 0 atom stereocenters. The van der Waals surface area contributed by atoms with Crippen molar-refractivity contribution in [3.8, 4) is 0 Å². The molecule has 0 aliphatic carbocycles. The Bertz CT molecular complexity index is 395. The van der Waals surface area contributed by atoms with E-state index >= 15 is 0 Å². The third-order valence-electron chi connectivity index (χ3n) is 3.73. The van der Waals surface area contributed by atoms with Gasteiger partial charge in [-0.1, -0.05) is 41.5 Å². The highest BCUT2D eigenvalue weighted by Crippen LogP contribution is 2.05. The first-order valence-corrected chi connectivity index (χ1v) is 9.82. The van der Waals surface area contributed by atoms with Crippen LogP contribution in [0.1, 0.15) is 87.5 Å². The van der Waals surface area contributed by atoms with Gasteiger partial charge in [-0.3, -0.25) is 15.0 Å². The zero-order valence-electron chi connectivity index (χ0n) is 22.3. The van der Waals surface area contributed by atoms with E-state index in [9.17, 15) is 0 Å². The minimum absolute atomic E-state index is 0.648. The Hall–Kier alpha value is -1.03. The summed E-state index contributed by atoms with van der Waals surface area (Å²) in [5.74, 6) is 1.94. The van der Waals surface area contributed by atoms with Crippen LogP contribution < -0.4 is 0 Å². The van der Waals surface area contributed by atoms with Crippen molar-refractivity contribution in [2.24, 2.45) is 32.7 Å². The molecule has 0 fully saturated rings. The molecular weight excluding hydrogens is 308 g/mol. The van der Waals surface area contributed by atoms with Crippen LogP contribution in [0, 0.1) is 17.8 Å². The van der Waals surface area contributed by atoms with Crippen LogP contribution in [0.25, 0.3) is 0 Å². The lowest BCUT2D eigenvalue weighted by molar-refractivity contribution is 0.301. The summed E-state index contributed by atoms with van der Waals surface area (Å²) in [7, 11) is 0. The monoisotopic (exact) mass is 358 g/mol. The second-order valence-corrected chi connectivity index (χ2v) is 8.57. The van der Waals surface area contributed by atoms with Gasteiger partial charge in [-0.25, -0.2) is 4.90 Å². The number of hydrogen-bond acceptors (Lipinski definition) is 4. The van der Waals surface area contributed by atoms with Crippen LogP contribution in [0.4, 0.5) is 0 Å². The fraction of sp³-hybridized carbons (Fsp3) is 0.857. The Labute approximate surface area is 163 Å². The quantitative estimate of drug-likeness (QED) is 0.384. The summed E-state index contributed by atoms with van der Waals surface area (Å²) in [6.07, 6.45) is 3.16. The van der Waals surface area contributed by atoms with Gasteiger partial charge in [0, 0.05) is 23.1 Å². The molecule has 0 aliphatic heterocycles. The first-order chi connectivity index (χ1) is 13.6. The summed E-state index contributed by atoms with van der Waals surface area (Å²) in [6.45, 7) is 21.8. The van der Waals surface area contributed by atoms with Crippen molar-refractivity contribution in [1.82, 2.24) is 4.90 Å². The highest BCUT2D eigenvalue weighted by molar-refractivity contribution is 5.83. The molecule has 25 heavy (non-hydrogen) atoms. The van der Waals surface area contributed by atoms with Crippen LogP contribution in [0.5, 0.6) is 0 Å². The number of rotatable bonds is 12. The summed E-state index contributed by atoms with van der Waals surface area (Å²) in [5.41, 5.74) is 3.64. The molecule has 0 aromatic carbocycles. The maximum atomic E-state index is 5.00. The van der Waals surface area contributed by atoms with Crippen LogP contribution in [-0.2, 0) is 0 Å². The van der Waals surface area contributed by atoms with Gasteiger partial charge in [-0.05, 0) is 57.8 Å². The molecule has 4 nitrogen and oxygen atoms in total. The first kappa shape index (κ1) is 20.3. The van der Waals surface area contributed by atoms with E-state index in [0.29, 0.717) is 37.8 Å². The zero-order valence-corrected chi connectivity index (χ0v) is 18.3. The molecule has 0 spiro atoms. The van der Waals surface area contributed by atoms with Gasteiger partial charge in [-0.2, -0.15) is 0 Å². The Morgan fingerprint density at radius 1 is 0.640 bits per heavy atom. The van der Waals surface area contributed by atoms with Gasteiger partial charge in [0.15, 0.2) is 0 Å². The smallest absolute Gasteiger partial charge is 0.0938 e. The van der Waals surface area contributed by atoms with Crippen molar-refractivity contribution in [1.29, 1.82) is 0 Å². The molecule has 0 aromatic heterocycles. The third-order valence-corrected chi connectivity index (χ3v) is 3.73. The van der Waals surface area contributed by atoms with Crippen molar-refractivity contribution < 1.29 is 5.94 Å². The summed E-state index contributed by atoms with van der Waals surface area (Å²) >= 11 is 0. The van der Waals surface area contributed by atoms with Gasteiger partial charge in [0.25, 0.3) is 0 Å². The molecule has 150 valence electrons. The average Bonchev–Trinajstić information content (AvgIpc) is 2.62. The van der Waals surface area contributed by atoms with E-state index < -0.39 is 0 Å². The summed E-state index contributed by atoms with van der Waals surface area (Å²) < 4.78 is 20.0. The first-order valence-electron chi connectivity index (χ1n) is 11.8. The molecule has 0 aromatic rings. The minimum atomic E-state index is 0.648. The van der Waals surface area contributed by atoms with Crippen LogP contribution in [0.2, 0.25) is 0 Å². The molecule has 0 saturated heterocycles. The highest BCUT2D eigenvalue weighted by Gasteiger charge is 2.06. The molecule has 0 rings (SSSR count). The molecule has 0 bridgehead atoms. The van der Waals surface area contributed by atoms with Crippen molar-refractivity contribution in [2.75, 3.05) is 20.0 Å². The normalized spacial score (nSPS) is 15.2. The predicted molar refractivity (Wildman–Crippen MR) is 118 cm³/mol. The molecule has 4 heteroatoms.